The van der Waals surface area contributed by atoms with Crippen LogP contribution < -0.4 is 0 Å². The SMILES string of the molecule is CC(CO)SCc1nnc(-c2cccs2)o1. The van der Waals surface area contributed by atoms with Crippen molar-refractivity contribution in [2.24, 2.45) is 0 Å². The van der Waals surface area contributed by atoms with Crippen LogP contribution in [-0.2, 0) is 5.75 Å². The Hall–Kier alpha value is -0.850. The first-order valence-corrected chi connectivity index (χ1v) is 6.81. The molecule has 6 heteroatoms. The standard InChI is InChI=1S/C10H12N2O2S2/c1-7(5-13)16-6-9-11-12-10(14-9)8-3-2-4-15-8/h2-4,7,13H,5-6H2,1H3. The zero-order valence-corrected chi connectivity index (χ0v) is 10.4. The Morgan fingerprint density at radius 1 is 1.56 bits per heavy atom. The van der Waals surface area contributed by atoms with Gasteiger partial charge in [-0.1, -0.05) is 13.0 Å². The molecule has 16 heavy (non-hydrogen) atoms. The van der Waals surface area contributed by atoms with Crippen LogP contribution in [0.3, 0.4) is 0 Å². The van der Waals surface area contributed by atoms with Gasteiger partial charge in [-0.2, -0.15) is 0 Å². The normalized spacial score (nSPS) is 12.9. The average molecular weight is 256 g/mol. The third-order valence-electron chi connectivity index (χ3n) is 1.95. The Balaban J connectivity index is 1.98. The fourth-order valence-corrected chi connectivity index (χ4v) is 2.37. The molecule has 2 aromatic heterocycles. The van der Waals surface area contributed by atoms with E-state index in [1.807, 2.05) is 24.4 Å². The first-order chi connectivity index (χ1) is 7.79. The summed E-state index contributed by atoms with van der Waals surface area (Å²) in [5.74, 6) is 1.82. The lowest BCUT2D eigenvalue weighted by Crippen LogP contribution is -2.02. The predicted molar refractivity (Wildman–Crippen MR) is 65.5 cm³/mol. The molecule has 0 fully saturated rings. The van der Waals surface area contributed by atoms with E-state index in [2.05, 4.69) is 10.2 Å². The molecule has 4 nitrogen and oxygen atoms in total. The molecule has 0 amide bonds. The van der Waals surface area contributed by atoms with Crippen molar-refractivity contribution >= 4 is 23.1 Å². The van der Waals surface area contributed by atoms with E-state index in [1.54, 1.807) is 23.1 Å². The molecule has 0 aliphatic heterocycles. The predicted octanol–water partition coefficient (Wildman–Crippen LogP) is 2.41. The second-order valence-electron chi connectivity index (χ2n) is 3.28. The smallest absolute Gasteiger partial charge is 0.257 e. The van der Waals surface area contributed by atoms with E-state index in [1.165, 1.54) is 0 Å². The summed E-state index contributed by atoms with van der Waals surface area (Å²) in [5, 5.41) is 19.0. The van der Waals surface area contributed by atoms with Gasteiger partial charge in [-0.3, -0.25) is 0 Å². The zero-order chi connectivity index (χ0) is 11.4. The molecule has 0 bridgehead atoms. The Labute approximate surface area is 102 Å². The van der Waals surface area contributed by atoms with E-state index in [4.69, 9.17) is 9.52 Å². The van der Waals surface area contributed by atoms with Crippen molar-refractivity contribution in [3.63, 3.8) is 0 Å². The average Bonchev–Trinajstić information content (AvgIpc) is 2.95. The number of aliphatic hydroxyl groups excluding tert-OH is 1. The number of hydrogen-bond donors (Lipinski definition) is 1. The topological polar surface area (TPSA) is 59.2 Å². The van der Waals surface area contributed by atoms with Gasteiger partial charge in [0.25, 0.3) is 5.89 Å². The summed E-state index contributed by atoms with van der Waals surface area (Å²) >= 11 is 3.17. The monoisotopic (exact) mass is 256 g/mol. The van der Waals surface area contributed by atoms with E-state index >= 15 is 0 Å². The van der Waals surface area contributed by atoms with Crippen molar-refractivity contribution < 1.29 is 9.52 Å². The van der Waals surface area contributed by atoms with Crippen molar-refractivity contribution in [3.8, 4) is 10.8 Å². The fraction of sp³-hybridized carbons (Fsp3) is 0.400. The van der Waals surface area contributed by atoms with Crippen LogP contribution in [0, 0.1) is 0 Å². The van der Waals surface area contributed by atoms with Gasteiger partial charge in [0, 0.05) is 5.25 Å². The molecule has 0 spiro atoms. The van der Waals surface area contributed by atoms with E-state index in [9.17, 15) is 0 Å². The highest BCUT2D eigenvalue weighted by molar-refractivity contribution is 7.99. The molecule has 0 radical (unpaired) electrons. The summed E-state index contributed by atoms with van der Waals surface area (Å²) in [5.41, 5.74) is 0. The van der Waals surface area contributed by atoms with Crippen LogP contribution in [-0.4, -0.2) is 27.2 Å². The summed E-state index contributed by atoms with van der Waals surface area (Å²) in [6.45, 7) is 2.12. The van der Waals surface area contributed by atoms with Crippen LogP contribution in [0.25, 0.3) is 10.8 Å². The Bertz CT molecular complexity index is 428. The maximum absolute atomic E-state index is 8.88. The van der Waals surface area contributed by atoms with Crippen LogP contribution in [0.15, 0.2) is 21.9 Å². The van der Waals surface area contributed by atoms with Gasteiger partial charge in [-0.15, -0.1) is 33.3 Å². The summed E-state index contributed by atoms with van der Waals surface area (Å²) in [7, 11) is 0. The van der Waals surface area contributed by atoms with E-state index in [-0.39, 0.29) is 11.9 Å². The second kappa shape index (κ2) is 5.47. The first kappa shape index (κ1) is 11.6. The zero-order valence-electron chi connectivity index (χ0n) is 8.79. The van der Waals surface area contributed by atoms with Crippen molar-refractivity contribution in [1.29, 1.82) is 0 Å². The van der Waals surface area contributed by atoms with Gasteiger partial charge >= 0.3 is 0 Å². The van der Waals surface area contributed by atoms with E-state index in [0.29, 0.717) is 17.5 Å². The van der Waals surface area contributed by atoms with Crippen LogP contribution in [0.4, 0.5) is 0 Å². The molecule has 1 atom stereocenters. The largest absolute Gasteiger partial charge is 0.419 e. The minimum Gasteiger partial charge on any atom is -0.419 e. The van der Waals surface area contributed by atoms with Crippen LogP contribution in [0.2, 0.25) is 0 Å². The lowest BCUT2D eigenvalue weighted by molar-refractivity contribution is 0.300. The lowest BCUT2D eigenvalue weighted by atomic mass is 10.5. The number of nitrogens with zero attached hydrogens (tertiary/aromatic N) is 2. The molecular weight excluding hydrogens is 244 g/mol. The summed E-state index contributed by atoms with van der Waals surface area (Å²) < 4.78 is 5.51. The highest BCUT2D eigenvalue weighted by Gasteiger charge is 2.10. The molecule has 0 saturated heterocycles. The van der Waals surface area contributed by atoms with Crippen LogP contribution in [0.1, 0.15) is 12.8 Å². The highest BCUT2D eigenvalue weighted by Crippen LogP contribution is 2.24. The minimum absolute atomic E-state index is 0.163. The van der Waals surface area contributed by atoms with Crippen molar-refractivity contribution in [2.45, 2.75) is 17.9 Å². The molecular formula is C10H12N2O2S2. The molecule has 0 aliphatic rings. The van der Waals surface area contributed by atoms with Gasteiger partial charge in [-0.25, -0.2) is 0 Å². The number of aliphatic hydroxyl groups is 1. The first-order valence-electron chi connectivity index (χ1n) is 4.88. The molecule has 0 aromatic carbocycles. The maximum atomic E-state index is 8.88. The number of rotatable bonds is 5. The van der Waals surface area contributed by atoms with Crippen molar-refractivity contribution in [2.75, 3.05) is 6.61 Å². The van der Waals surface area contributed by atoms with Gasteiger partial charge in [0.15, 0.2) is 0 Å². The quantitative estimate of drug-likeness (QED) is 0.890. The third-order valence-corrected chi connectivity index (χ3v) is 3.94. The second-order valence-corrected chi connectivity index (χ2v) is 5.66. The number of thiophene rings is 1. The Morgan fingerprint density at radius 3 is 3.12 bits per heavy atom. The van der Waals surface area contributed by atoms with Gasteiger partial charge in [0.2, 0.25) is 5.89 Å². The maximum Gasteiger partial charge on any atom is 0.257 e. The molecule has 0 saturated carbocycles. The van der Waals surface area contributed by atoms with Gasteiger partial charge < -0.3 is 9.52 Å². The Kier molecular flexibility index (Phi) is 3.98. The van der Waals surface area contributed by atoms with Crippen LogP contribution >= 0.6 is 23.1 Å². The molecule has 0 aliphatic carbocycles. The third kappa shape index (κ3) is 2.84. The van der Waals surface area contributed by atoms with Crippen LogP contribution in [0.5, 0.6) is 0 Å². The van der Waals surface area contributed by atoms with Gasteiger partial charge in [0.1, 0.15) is 0 Å². The molecule has 2 heterocycles. The van der Waals surface area contributed by atoms with E-state index in [0.717, 1.165) is 4.88 Å². The number of hydrogen-bond acceptors (Lipinski definition) is 6. The molecule has 1 N–H and O–H groups in total. The van der Waals surface area contributed by atoms with Crippen molar-refractivity contribution in [3.05, 3.63) is 23.4 Å². The molecule has 86 valence electrons. The number of thioether (sulfide) groups is 1. The summed E-state index contributed by atoms with van der Waals surface area (Å²) in [6, 6.07) is 3.90. The van der Waals surface area contributed by atoms with E-state index < -0.39 is 0 Å². The van der Waals surface area contributed by atoms with Crippen molar-refractivity contribution in [1.82, 2.24) is 10.2 Å². The van der Waals surface area contributed by atoms with Gasteiger partial charge in [-0.05, 0) is 11.4 Å². The lowest BCUT2D eigenvalue weighted by Gasteiger charge is -2.03. The minimum atomic E-state index is 0.163. The number of aromatic nitrogens is 2. The van der Waals surface area contributed by atoms with Gasteiger partial charge in [0.05, 0.1) is 17.2 Å². The summed E-state index contributed by atoms with van der Waals surface area (Å²) in [6.07, 6.45) is 0. The Morgan fingerprint density at radius 2 is 2.44 bits per heavy atom. The highest BCUT2D eigenvalue weighted by atomic mass is 32.2. The molecule has 1 unspecified atom stereocenters. The molecule has 2 rings (SSSR count). The molecule has 2 aromatic rings. The fourth-order valence-electron chi connectivity index (χ4n) is 1.08. The summed E-state index contributed by atoms with van der Waals surface area (Å²) in [4.78, 5) is 0.985.